The Morgan fingerprint density at radius 3 is 2.58 bits per heavy atom. The third-order valence-corrected chi connectivity index (χ3v) is 4.36. The molecule has 0 spiro atoms. The summed E-state index contributed by atoms with van der Waals surface area (Å²) in [5.74, 6) is -1.34. The lowest BCUT2D eigenvalue weighted by Crippen LogP contribution is -2.43. The molecule has 1 aliphatic rings. The van der Waals surface area contributed by atoms with Gasteiger partial charge in [-0.15, -0.1) is 0 Å². The quantitative estimate of drug-likeness (QED) is 0.871. The van der Waals surface area contributed by atoms with Crippen molar-refractivity contribution in [3.05, 3.63) is 17.5 Å². The molecule has 1 aromatic heterocycles. The second kappa shape index (κ2) is 7.46. The Bertz CT molecular complexity index is 640. The van der Waals surface area contributed by atoms with Crippen LogP contribution in [0.25, 0.3) is 0 Å². The minimum atomic E-state index is -1.02. The summed E-state index contributed by atoms with van der Waals surface area (Å²) in [7, 11) is 1.74. The van der Waals surface area contributed by atoms with Gasteiger partial charge < -0.3 is 14.9 Å². The molecule has 1 unspecified atom stereocenters. The van der Waals surface area contributed by atoms with Crippen LogP contribution in [0.5, 0.6) is 0 Å². The number of aliphatic carboxylic acids is 1. The average Bonchev–Trinajstić information content (AvgIpc) is 2.71. The van der Waals surface area contributed by atoms with Crippen molar-refractivity contribution >= 4 is 17.8 Å². The van der Waals surface area contributed by atoms with Crippen molar-refractivity contribution < 1.29 is 19.5 Å². The highest BCUT2D eigenvalue weighted by Crippen LogP contribution is 2.19. The van der Waals surface area contributed by atoms with Gasteiger partial charge in [0.25, 0.3) is 5.91 Å². The summed E-state index contributed by atoms with van der Waals surface area (Å²) in [5, 5.41) is 13.2. The first kappa shape index (κ1) is 18.0. The smallest absolute Gasteiger partial charge is 0.323 e. The van der Waals surface area contributed by atoms with E-state index < -0.39 is 5.97 Å². The van der Waals surface area contributed by atoms with E-state index in [2.05, 4.69) is 5.10 Å². The van der Waals surface area contributed by atoms with Crippen LogP contribution < -0.4 is 0 Å². The highest BCUT2D eigenvalue weighted by molar-refractivity contribution is 5.92. The first-order chi connectivity index (χ1) is 11.3. The zero-order valence-electron chi connectivity index (χ0n) is 14.4. The summed E-state index contributed by atoms with van der Waals surface area (Å²) >= 11 is 0. The van der Waals surface area contributed by atoms with Crippen LogP contribution in [0.4, 0.5) is 0 Å². The lowest BCUT2D eigenvalue weighted by atomic mass is 10.1. The molecule has 0 radical (unpaired) electrons. The van der Waals surface area contributed by atoms with Crippen molar-refractivity contribution in [1.82, 2.24) is 19.6 Å². The van der Waals surface area contributed by atoms with E-state index in [9.17, 15) is 14.4 Å². The number of hydrogen-bond acceptors (Lipinski definition) is 4. The Hall–Kier alpha value is -2.38. The van der Waals surface area contributed by atoms with Crippen LogP contribution in [-0.4, -0.2) is 68.1 Å². The van der Waals surface area contributed by atoms with Crippen LogP contribution in [0.2, 0.25) is 0 Å². The molecule has 8 nitrogen and oxygen atoms in total. The predicted octanol–water partition coefficient (Wildman–Crippen LogP) is 0.656. The largest absolute Gasteiger partial charge is 0.480 e. The van der Waals surface area contributed by atoms with Crippen molar-refractivity contribution in [2.24, 2.45) is 7.05 Å². The van der Waals surface area contributed by atoms with Gasteiger partial charge in [0.1, 0.15) is 12.2 Å². The van der Waals surface area contributed by atoms with E-state index in [1.165, 1.54) is 11.8 Å². The fraction of sp³-hybridized carbons (Fsp3) is 0.625. The number of likely N-dealkylation sites (tertiary alicyclic amines) is 1. The summed E-state index contributed by atoms with van der Waals surface area (Å²) in [6.45, 7) is 4.02. The number of hydrogen-bond donors (Lipinski definition) is 1. The first-order valence-corrected chi connectivity index (χ1v) is 8.08. The molecule has 2 amide bonds. The maximum atomic E-state index is 12.7. The molecule has 2 rings (SSSR count). The summed E-state index contributed by atoms with van der Waals surface area (Å²) in [6.07, 6.45) is 2.01. The van der Waals surface area contributed by atoms with Gasteiger partial charge in [-0.2, -0.15) is 5.10 Å². The number of aromatic nitrogens is 2. The van der Waals surface area contributed by atoms with Crippen LogP contribution in [0.1, 0.15) is 42.4 Å². The van der Waals surface area contributed by atoms with Crippen molar-refractivity contribution in [3.8, 4) is 0 Å². The van der Waals surface area contributed by atoms with Gasteiger partial charge in [-0.05, 0) is 32.3 Å². The fourth-order valence-corrected chi connectivity index (χ4v) is 3.21. The van der Waals surface area contributed by atoms with E-state index in [1.807, 2.05) is 6.92 Å². The number of carbonyl (C=O) groups is 3. The molecule has 24 heavy (non-hydrogen) atoms. The van der Waals surface area contributed by atoms with Gasteiger partial charge in [-0.3, -0.25) is 19.1 Å². The molecule has 1 N–H and O–H groups in total. The minimum absolute atomic E-state index is 0.0774. The second-order valence-electron chi connectivity index (χ2n) is 6.21. The number of aryl methyl sites for hydroxylation is 2. The van der Waals surface area contributed by atoms with Crippen LogP contribution in [0, 0.1) is 6.92 Å². The van der Waals surface area contributed by atoms with Gasteiger partial charge in [0, 0.05) is 33.1 Å². The van der Waals surface area contributed by atoms with Crippen LogP contribution >= 0.6 is 0 Å². The number of amides is 2. The van der Waals surface area contributed by atoms with Crippen LogP contribution in [0.15, 0.2) is 6.07 Å². The zero-order valence-corrected chi connectivity index (χ0v) is 14.4. The molecule has 0 aromatic carbocycles. The molecule has 1 fully saturated rings. The van der Waals surface area contributed by atoms with E-state index in [0.717, 1.165) is 12.1 Å². The van der Waals surface area contributed by atoms with Gasteiger partial charge in [-0.1, -0.05) is 0 Å². The molecule has 0 bridgehead atoms. The fourth-order valence-electron chi connectivity index (χ4n) is 3.21. The van der Waals surface area contributed by atoms with Gasteiger partial charge in [0.15, 0.2) is 0 Å². The number of carbonyl (C=O) groups excluding carboxylic acids is 2. The normalized spacial score (nSPS) is 18.1. The highest BCUT2D eigenvalue weighted by atomic mass is 16.4. The SMILES string of the molecule is CC(=O)N(CC(=O)O)C1CCCN(C(=O)c2cc(C)nn2C)CC1. The van der Waals surface area contributed by atoms with Gasteiger partial charge in [-0.25, -0.2) is 0 Å². The monoisotopic (exact) mass is 336 g/mol. The molecule has 0 saturated carbocycles. The predicted molar refractivity (Wildman–Crippen MR) is 86.5 cm³/mol. The van der Waals surface area contributed by atoms with Crippen LogP contribution in [-0.2, 0) is 16.6 Å². The van der Waals surface area contributed by atoms with E-state index >= 15 is 0 Å². The summed E-state index contributed by atoms with van der Waals surface area (Å²) in [6, 6.07) is 1.61. The molecule has 0 aliphatic carbocycles. The Labute approximate surface area is 141 Å². The Balaban J connectivity index is 2.06. The lowest BCUT2D eigenvalue weighted by Gasteiger charge is -2.28. The average molecular weight is 336 g/mol. The molecule has 1 atom stereocenters. The zero-order chi connectivity index (χ0) is 17.9. The standard InChI is InChI=1S/C16H24N4O4/c1-11-9-14(18(3)17-11)16(24)19-7-4-5-13(6-8-19)20(12(2)21)10-15(22)23/h9,13H,4-8,10H2,1-3H3,(H,22,23). The van der Waals surface area contributed by atoms with Crippen molar-refractivity contribution in [3.63, 3.8) is 0 Å². The minimum Gasteiger partial charge on any atom is -0.480 e. The number of nitrogens with zero attached hydrogens (tertiary/aromatic N) is 4. The Morgan fingerprint density at radius 1 is 1.33 bits per heavy atom. The Kier molecular flexibility index (Phi) is 5.58. The molecular weight excluding hydrogens is 312 g/mol. The van der Waals surface area contributed by atoms with Crippen LogP contribution in [0.3, 0.4) is 0 Å². The molecule has 1 aromatic rings. The number of carboxylic acid groups (broad SMARTS) is 1. The topological polar surface area (TPSA) is 95.7 Å². The summed E-state index contributed by atoms with van der Waals surface area (Å²) < 4.78 is 1.58. The molecule has 132 valence electrons. The lowest BCUT2D eigenvalue weighted by molar-refractivity contribution is -0.145. The molecule has 1 aliphatic heterocycles. The van der Waals surface area contributed by atoms with Gasteiger partial charge in [0.2, 0.25) is 5.91 Å². The van der Waals surface area contributed by atoms with E-state index in [-0.39, 0.29) is 24.4 Å². The van der Waals surface area contributed by atoms with Crippen molar-refractivity contribution in [1.29, 1.82) is 0 Å². The summed E-state index contributed by atoms with van der Waals surface area (Å²) in [5.41, 5.74) is 1.33. The summed E-state index contributed by atoms with van der Waals surface area (Å²) in [4.78, 5) is 38.5. The van der Waals surface area contributed by atoms with Gasteiger partial charge >= 0.3 is 5.97 Å². The first-order valence-electron chi connectivity index (χ1n) is 8.08. The number of rotatable bonds is 4. The van der Waals surface area contributed by atoms with Gasteiger partial charge in [0.05, 0.1) is 5.69 Å². The van der Waals surface area contributed by atoms with E-state index in [1.54, 1.807) is 22.7 Å². The third-order valence-electron chi connectivity index (χ3n) is 4.36. The molecule has 2 heterocycles. The second-order valence-corrected chi connectivity index (χ2v) is 6.21. The van der Waals surface area contributed by atoms with E-state index in [4.69, 9.17) is 5.11 Å². The molecule has 1 saturated heterocycles. The molecular formula is C16H24N4O4. The maximum Gasteiger partial charge on any atom is 0.323 e. The van der Waals surface area contributed by atoms with Crippen molar-refractivity contribution in [2.45, 2.75) is 39.2 Å². The van der Waals surface area contributed by atoms with Crippen molar-refractivity contribution in [2.75, 3.05) is 19.6 Å². The molecule has 8 heteroatoms. The Morgan fingerprint density at radius 2 is 2.04 bits per heavy atom. The third kappa shape index (κ3) is 4.12. The maximum absolute atomic E-state index is 12.7. The van der Waals surface area contributed by atoms with E-state index in [0.29, 0.717) is 31.6 Å². The highest BCUT2D eigenvalue weighted by Gasteiger charge is 2.28. The number of carboxylic acids is 1.